The van der Waals surface area contributed by atoms with Crippen molar-refractivity contribution in [1.29, 1.82) is 0 Å². The first-order valence-corrected chi connectivity index (χ1v) is 7.49. The number of rotatable bonds is 4. The Labute approximate surface area is 142 Å². The molecule has 24 heavy (non-hydrogen) atoms. The molecule has 7 heteroatoms. The Kier molecular flexibility index (Phi) is 5.39. The van der Waals surface area contributed by atoms with E-state index < -0.39 is 22.7 Å². The molecule has 2 aromatic carbocycles. The molecule has 1 amide bonds. The number of anilines is 1. The molecule has 0 heterocycles. The fraction of sp³-hybridized carbons (Fsp3) is 0.235. The van der Waals surface area contributed by atoms with Crippen LogP contribution in [0.25, 0.3) is 0 Å². The smallest absolute Gasteiger partial charge is 0.417 e. The van der Waals surface area contributed by atoms with E-state index in [1.54, 1.807) is 19.1 Å². The maximum atomic E-state index is 12.8. The molecule has 0 aromatic heterocycles. The van der Waals surface area contributed by atoms with Crippen molar-refractivity contribution in [3.8, 4) is 5.75 Å². The number of hydrogen-bond donors (Lipinski definition) is 2. The van der Waals surface area contributed by atoms with E-state index in [2.05, 4.69) is 5.32 Å². The largest absolute Gasteiger partial charge is 0.508 e. The van der Waals surface area contributed by atoms with Gasteiger partial charge in [0.25, 0.3) is 0 Å². The number of benzene rings is 2. The summed E-state index contributed by atoms with van der Waals surface area (Å²) in [5.41, 5.74) is 0.600. The number of nitrogens with one attached hydrogen (secondary N) is 1. The van der Waals surface area contributed by atoms with Crippen molar-refractivity contribution in [3.05, 3.63) is 58.1 Å². The number of halogens is 4. The van der Waals surface area contributed by atoms with Crippen LogP contribution in [-0.4, -0.2) is 11.0 Å². The van der Waals surface area contributed by atoms with Gasteiger partial charge in [-0.1, -0.05) is 23.7 Å². The number of phenols is 1. The molecular weight excluding hydrogens is 343 g/mol. The van der Waals surface area contributed by atoms with Crippen molar-refractivity contribution in [2.75, 3.05) is 5.32 Å². The molecule has 3 nitrogen and oxygen atoms in total. The van der Waals surface area contributed by atoms with E-state index in [1.807, 2.05) is 0 Å². The lowest BCUT2D eigenvalue weighted by atomic mass is 10.1. The van der Waals surface area contributed by atoms with E-state index in [-0.39, 0.29) is 17.9 Å². The highest BCUT2D eigenvalue weighted by molar-refractivity contribution is 6.31. The first kappa shape index (κ1) is 18.1. The van der Waals surface area contributed by atoms with E-state index in [1.165, 1.54) is 12.1 Å². The zero-order chi connectivity index (χ0) is 17.9. The number of hydrogen-bond acceptors (Lipinski definition) is 2. The number of aryl methyl sites for hydroxylation is 2. The Bertz CT molecular complexity index is 760. The van der Waals surface area contributed by atoms with Crippen molar-refractivity contribution < 1.29 is 23.1 Å². The Morgan fingerprint density at radius 1 is 1.21 bits per heavy atom. The van der Waals surface area contributed by atoms with Crippen LogP contribution in [0.3, 0.4) is 0 Å². The fourth-order valence-corrected chi connectivity index (χ4v) is 2.40. The second kappa shape index (κ2) is 7.13. The summed E-state index contributed by atoms with van der Waals surface area (Å²) in [5, 5.41) is 11.5. The SMILES string of the molecule is Cc1cc(CCC(=O)Nc2ccc(Cl)c(C(F)(F)F)c2)ccc1O. The minimum absolute atomic E-state index is 0.0404. The monoisotopic (exact) mass is 357 g/mol. The summed E-state index contributed by atoms with van der Waals surface area (Å²) in [6.45, 7) is 1.74. The normalized spacial score (nSPS) is 11.4. The van der Waals surface area contributed by atoms with Gasteiger partial charge in [-0.25, -0.2) is 0 Å². The van der Waals surface area contributed by atoms with Gasteiger partial charge in [0.15, 0.2) is 0 Å². The molecule has 0 fully saturated rings. The number of phenolic OH excluding ortho intramolecular Hbond substituents is 1. The third-order valence-corrected chi connectivity index (χ3v) is 3.79. The van der Waals surface area contributed by atoms with Crippen LogP contribution in [0, 0.1) is 6.92 Å². The zero-order valence-corrected chi connectivity index (χ0v) is 13.5. The summed E-state index contributed by atoms with van der Waals surface area (Å²) in [5.74, 6) is -0.236. The summed E-state index contributed by atoms with van der Waals surface area (Å²) < 4.78 is 38.4. The Hall–Kier alpha value is -2.21. The summed E-state index contributed by atoms with van der Waals surface area (Å²) in [4.78, 5) is 11.9. The van der Waals surface area contributed by atoms with Gasteiger partial charge in [0, 0.05) is 12.1 Å². The lowest BCUT2D eigenvalue weighted by molar-refractivity contribution is -0.137. The summed E-state index contributed by atoms with van der Waals surface area (Å²) in [7, 11) is 0. The topological polar surface area (TPSA) is 49.3 Å². The molecule has 0 atom stereocenters. The highest BCUT2D eigenvalue weighted by Crippen LogP contribution is 2.36. The third-order valence-electron chi connectivity index (χ3n) is 3.46. The van der Waals surface area contributed by atoms with Crippen molar-refractivity contribution in [2.24, 2.45) is 0 Å². The molecule has 0 radical (unpaired) electrons. The lowest BCUT2D eigenvalue weighted by Gasteiger charge is -2.12. The van der Waals surface area contributed by atoms with Crippen molar-refractivity contribution in [2.45, 2.75) is 25.9 Å². The van der Waals surface area contributed by atoms with Crippen molar-refractivity contribution >= 4 is 23.2 Å². The average Bonchev–Trinajstić information content (AvgIpc) is 2.49. The summed E-state index contributed by atoms with van der Waals surface area (Å²) in [6, 6.07) is 8.22. The van der Waals surface area contributed by atoms with Gasteiger partial charge in [-0.3, -0.25) is 4.79 Å². The molecule has 0 spiro atoms. The number of aromatic hydroxyl groups is 1. The minimum Gasteiger partial charge on any atom is -0.508 e. The fourth-order valence-electron chi connectivity index (χ4n) is 2.17. The molecule has 0 aliphatic carbocycles. The Morgan fingerprint density at radius 3 is 2.54 bits per heavy atom. The number of alkyl halides is 3. The predicted octanol–water partition coefficient (Wildman–Crippen LogP) is 4.94. The first-order chi connectivity index (χ1) is 11.2. The van der Waals surface area contributed by atoms with Gasteiger partial charge < -0.3 is 10.4 Å². The maximum absolute atomic E-state index is 12.8. The predicted molar refractivity (Wildman–Crippen MR) is 86.2 cm³/mol. The van der Waals surface area contributed by atoms with Gasteiger partial charge in [0.05, 0.1) is 10.6 Å². The van der Waals surface area contributed by atoms with E-state index in [0.717, 1.165) is 17.7 Å². The second-order valence-corrected chi connectivity index (χ2v) is 5.77. The molecule has 2 rings (SSSR count). The van der Waals surface area contributed by atoms with Gasteiger partial charge in [-0.05, 0) is 48.7 Å². The number of carbonyl (C=O) groups is 1. The quantitative estimate of drug-likeness (QED) is 0.813. The average molecular weight is 358 g/mol. The first-order valence-electron chi connectivity index (χ1n) is 7.12. The van der Waals surface area contributed by atoms with Crippen LogP contribution < -0.4 is 5.32 Å². The molecule has 128 valence electrons. The van der Waals surface area contributed by atoms with Gasteiger partial charge in [0.2, 0.25) is 5.91 Å². The zero-order valence-electron chi connectivity index (χ0n) is 12.7. The standard InChI is InChI=1S/C17H15ClF3NO2/c1-10-8-11(2-6-15(10)23)3-7-16(24)22-12-4-5-14(18)13(9-12)17(19,20)21/h2,4-6,8-9,23H,3,7H2,1H3,(H,22,24). The van der Waals surface area contributed by atoms with Crippen LogP contribution in [0.1, 0.15) is 23.1 Å². The molecule has 0 aliphatic heterocycles. The summed E-state index contributed by atoms with van der Waals surface area (Å²) in [6.07, 6.45) is -4.07. The summed E-state index contributed by atoms with van der Waals surface area (Å²) >= 11 is 5.53. The molecule has 0 aliphatic rings. The van der Waals surface area contributed by atoms with Crippen molar-refractivity contribution in [1.82, 2.24) is 0 Å². The van der Waals surface area contributed by atoms with Crippen LogP contribution in [0.2, 0.25) is 5.02 Å². The van der Waals surface area contributed by atoms with Crippen molar-refractivity contribution in [3.63, 3.8) is 0 Å². The van der Waals surface area contributed by atoms with E-state index in [9.17, 15) is 23.1 Å². The van der Waals surface area contributed by atoms with E-state index >= 15 is 0 Å². The van der Waals surface area contributed by atoms with Crippen LogP contribution in [0.4, 0.5) is 18.9 Å². The van der Waals surface area contributed by atoms with Crippen LogP contribution in [0.15, 0.2) is 36.4 Å². The number of carbonyl (C=O) groups excluding carboxylic acids is 1. The van der Waals surface area contributed by atoms with Gasteiger partial charge in [-0.15, -0.1) is 0 Å². The highest BCUT2D eigenvalue weighted by Gasteiger charge is 2.33. The lowest BCUT2D eigenvalue weighted by Crippen LogP contribution is -2.14. The molecule has 2 aromatic rings. The van der Waals surface area contributed by atoms with E-state index in [0.29, 0.717) is 12.0 Å². The van der Waals surface area contributed by atoms with Crippen LogP contribution in [0.5, 0.6) is 5.75 Å². The second-order valence-electron chi connectivity index (χ2n) is 5.36. The molecule has 0 saturated heterocycles. The molecule has 0 saturated carbocycles. The van der Waals surface area contributed by atoms with Gasteiger partial charge in [-0.2, -0.15) is 13.2 Å². The minimum atomic E-state index is -4.58. The Morgan fingerprint density at radius 2 is 1.92 bits per heavy atom. The molecular formula is C17H15ClF3NO2. The highest BCUT2D eigenvalue weighted by atomic mass is 35.5. The number of amides is 1. The molecule has 0 bridgehead atoms. The molecule has 2 N–H and O–H groups in total. The van der Waals surface area contributed by atoms with Gasteiger partial charge >= 0.3 is 6.18 Å². The van der Waals surface area contributed by atoms with Crippen LogP contribution in [-0.2, 0) is 17.4 Å². The third kappa shape index (κ3) is 4.64. The van der Waals surface area contributed by atoms with Crippen LogP contribution >= 0.6 is 11.6 Å². The molecule has 0 unspecified atom stereocenters. The van der Waals surface area contributed by atoms with E-state index in [4.69, 9.17) is 11.6 Å². The van der Waals surface area contributed by atoms with Gasteiger partial charge in [0.1, 0.15) is 5.75 Å². The Balaban J connectivity index is 2.01. The maximum Gasteiger partial charge on any atom is 0.417 e.